The molecule has 200 valence electrons. The highest BCUT2D eigenvalue weighted by Gasteiger charge is 2.26. The number of nitrogens with zero attached hydrogens (tertiary/aromatic N) is 2. The van der Waals surface area contributed by atoms with Crippen LogP contribution in [0.25, 0.3) is 0 Å². The molecule has 1 aliphatic rings. The lowest BCUT2D eigenvalue weighted by Crippen LogP contribution is -2.40. The number of ether oxygens (including phenoxy) is 1. The Morgan fingerprint density at radius 2 is 1.63 bits per heavy atom. The highest BCUT2D eigenvalue weighted by molar-refractivity contribution is 7.92. The van der Waals surface area contributed by atoms with Crippen LogP contribution in [0.2, 0.25) is 5.02 Å². The largest absolute Gasteiger partial charge is 0.379 e. The summed E-state index contributed by atoms with van der Waals surface area (Å²) < 4.78 is 60.1. The van der Waals surface area contributed by atoms with Gasteiger partial charge in [-0.2, -0.15) is 4.31 Å². The number of anilines is 2. The number of non-ortho nitro benzene ring substituents is 1. The average Bonchev–Trinajstić information content (AvgIpc) is 2.90. The number of rotatable bonds is 8. The Hall–Kier alpha value is -3.56. The summed E-state index contributed by atoms with van der Waals surface area (Å²) in [5.41, 5.74) is -0.411. The quantitative estimate of drug-likeness (QED) is 0.302. The molecule has 38 heavy (non-hydrogen) atoms. The number of halogens is 1. The molecule has 0 aromatic heterocycles. The molecular formula is C23H21ClN4O8S2. The number of nitro benzene ring substituents is 1. The molecule has 0 spiro atoms. The Bertz CT molecular complexity index is 1590. The van der Waals surface area contributed by atoms with Gasteiger partial charge in [-0.05, 0) is 48.5 Å². The van der Waals surface area contributed by atoms with Crippen LogP contribution >= 0.6 is 11.6 Å². The number of benzene rings is 3. The molecule has 0 unspecified atom stereocenters. The van der Waals surface area contributed by atoms with Crippen LogP contribution in [0.5, 0.6) is 0 Å². The van der Waals surface area contributed by atoms with Gasteiger partial charge in [0.15, 0.2) is 0 Å². The summed E-state index contributed by atoms with van der Waals surface area (Å²) in [6, 6.07) is 13.9. The molecule has 4 rings (SSSR count). The second-order valence-electron chi connectivity index (χ2n) is 8.04. The SMILES string of the molecule is O=C(Nc1ccc(S(=O)(=O)N2CCOCC2)cc1)c1cc(Cl)ccc1NS(=O)(=O)c1cccc([N+](=O)[O-])c1. The summed E-state index contributed by atoms with van der Waals surface area (Å²) in [5.74, 6) is -0.729. The molecule has 1 aliphatic heterocycles. The lowest BCUT2D eigenvalue weighted by atomic mass is 10.1. The van der Waals surface area contributed by atoms with Gasteiger partial charge in [-0.15, -0.1) is 0 Å². The first-order chi connectivity index (χ1) is 18.0. The summed E-state index contributed by atoms with van der Waals surface area (Å²) in [6.45, 7) is 1.09. The highest BCUT2D eigenvalue weighted by Crippen LogP contribution is 2.27. The van der Waals surface area contributed by atoms with Crippen LogP contribution < -0.4 is 10.0 Å². The van der Waals surface area contributed by atoms with E-state index in [1.165, 1.54) is 58.9 Å². The molecule has 1 heterocycles. The van der Waals surface area contributed by atoms with E-state index in [4.69, 9.17) is 16.3 Å². The predicted molar refractivity (Wildman–Crippen MR) is 139 cm³/mol. The van der Waals surface area contributed by atoms with E-state index in [0.29, 0.717) is 13.2 Å². The fourth-order valence-electron chi connectivity index (χ4n) is 3.61. The van der Waals surface area contributed by atoms with Crippen LogP contribution in [0.3, 0.4) is 0 Å². The zero-order chi connectivity index (χ0) is 27.5. The maximum atomic E-state index is 13.0. The van der Waals surface area contributed by atoms with E-state index >= 15 is 0 Å². The molecule has 0 saturated carbocycles. The minimum atomic E-state index is -4.30. The number of amides is 1. The summed E-state index contributed by atoms with van der Waals surface area (Å²) in [5, 5.41) is 13.8. The van der Waals surface area contributed by atoms with Crippen molar-refractivity contribution >= 4 is 54.6 Å². The first kappa shape index (κ1) is 27.5. The molecule has 1 fully saturated rings. The van der Waals surface area contributed by atoms with Crippen LogP contribution in [0.1, 0.15) is 10.4 Å². The van der Waals surface area contributed by atoms with E-state index in [9.17, 15) is 31.7 Å². The summed E-state index contributed by atoms with van der Waals surface area (Å²) in [4.78, 5) is 23.0. The van der Waals surface area contributed by atoms with Crippen molar-refractivity contribution in [1.82, 2.24) is 4.31 Å². The van der Waals surface area contributed by atoms with Crippen LogP contribution in [-0.4, -0.2) is 58.3 Å². The molecule has 0 aliphatic carbocycles. The second-order valence-corrected chi connectivity index (χ2v) is 12.1. The van der Waals surface area contributed by atoms with Crippen LogP contribution in [-0.2, 0) is 24.8 Å². The number of carbonyl (C=O) groups is 1. The lowest BCUT2D eigenvalue weighted by molar-refractivity contribution is -0.385. The normalized spacial score (nSPS) is 14.6. The molecule has 0 radical (unpaired) electrons. The van der Waals surface area contributed by atoms with E-state index in [1.807, 2.05) is 0 Å². The third-order valence-electron chi connectivity index (χ3n) is 5.53. The fourth-order valence-corrected chi connectivity index (χ4v) is 6.30. The van der Waals surface area contributed by atoms with E-state index in [0.717, 1.165) is 12.1 Å². The Labute approximate surface area is 223 Å². The number of morpholine rings is 1. The molecule has 3 aromatic rings. The van der Waals surface area contributed by atoms with Gasteiger partial charge in [0.05, 0.1) is 39.2 Å². The third kappa shape index (κ3) is 6.11. The second kappa shape index (κ2) is 11.0. The molecule has 1 amide bonds. The number of hydrogen-bond donors (Lipinski definition) is 2. The summed E-state index contributed by atoms with van der Waals surface area (Å²) in [6.07, 6.45) is 0. The lowest BCUT2D eigenvalue weighted by Gasteiger charge is -2.26. The van der Waals surface area contributed by atoms with Gasteiger partial charge >= 0.3 is 0 Å². The van der Waals surface area contributed by atoms with Gasteiger partial charge in [0.1, 0.15) is 0 Å². The predicted octanol–water partition coefficient (Wildman–Crippen LogP) is 3.32. The van der Waals surface area contributed by atoms with E-state index in [-0.39, 0.29) is 44.8 Å². The molecule has 0 atom stereocenters. The van der Waals surface area contributed by atoms with Crippen molar-refractivity contribution in [3.63, 3.8) is 0 Å². The Balaban J connectivity index is 1.55. The van der Waals surface area contributed by atoms with Gasteiger partial charge in [0, 0.05) is 35.9 Å². The maximum Gasteiger partial charge on any atom is 0.270 e. The Morgan fingerprint density at radius 3 is 2.29 bits per heavy atom. The van der Waals surface area contributed by atoms with Crippen molar-refractivity contribution in [3.8, 4) is 0 Å². The fraction of sp³-hybridized carbons (Fsp3) is 0.174. The van der Waals surface area contributed by atoms with E-state index in [2.05, 4.69) is 10.0 Å². The van der Waals surface area contributed by atoms with Crippen molar-refractivity contribution in [3.05, 3.63) is 87.4 Å². The van der Waals surface area contributed by atoms with Gasteiger partial charge in [-0.25, -0.2) is 16.8 Å². The molecule has 1 saturated heterocycles. The van der Waals surface area contributed by atoms with Crippen molar-refractivity contribution in [2.24, 2.45) is 0 Å². The Kier molecular flexibility index (Phi) is 7.99. The number of hydrogen-bond acceptors (Lipinski definition) is 8. The summed E-state index contributed by atoms with van der Waals surface area (Å²) in [7, 11) is -8.02. The van der Waals surface area contributed by atoms with Crippen molar-refractivity contribution < 1.29 is 31.3 Å². The molecular weight excluding hydrogens is 560 g/mol. The topological polar surface area (TPSA) is 165 Å². The number of carbonyl (C=O) groups excluding carboxylic acids is 1. The Morgan fingerprint density at radius 1 is 0.947 bits per heavy atom. The number of sulfonamides is 2. The van der Waals surface area contributed by atoms with Gasteiger partial charge in [-0.3, -0.25) is 19.6 Å². The van der Waals surface area contributed by atoms with E-state index < -0.39 is 36.6 Å². The molecule has 0 bridgehead atoms. The van der Waals surface area contributed by atoms with Gasteiger partial charge in [0.2, 0.25) is 10.0 Å². The standard InChI is InChI=1S/C23H21ClN4O8S2/c24-16-4-9-22(26-37(32,33)20-3-1-2-18(15-20)28(30)31)21(14-16)23(29)25-17-5-7-19(8-6-17)38(34,35)27-10-12-36-13-11-27/h1-9,14-15,26H,10-13H2,(H,25,29). The van der Waals surface area contributed by atoms with Gasteiger partial charge < -0.3 is 10.1 Å². The monoisotopic (exact) mass is 580 g/mol. The molecule has 3 aromatic carbocycles. The highest BCUT2D eigenvalue weighted by atomic mass is 35.5. The van der Waals surface area contributed by atoms with Gasteiger partial charge in [0.25, 0.3) is 21.6 Å². The number of nitrogens with one attached hydrogen (secondary N) is 2. The maximum absolute atomic E-state index is 13.0. The smallest absolute Gasteiger partial charge is 0.270 e. The number of nitro groups is 1. The zero-order valence-electron chi connectivity index (χ0n) is 19.5. The van der Waals surface area contributed by atoms with Crippen molar-refractivity contribution in [1.29, 1.82) is 0 Å². The van der Waals surface area contributed by atoms with Gasteiger partial charge in [-0.1, -0.05) is 17.7 Å². The average molecular weight is 581 g/mol. The molecule has 12 nitrogen and oxygen atoms in total. The minimum absolute atomic E-state index is 0.0468. The first-order valence-electron chi connectivity index (χ1n) is 11.0. The molecule has 2 N–H and O–H groups in total. The zero-order valence-corrected chi connectivity index (χ0v) is 21.9. The van der Waals surface area contributed by atoms with E-state index in [1.54, 1.807) is 0 Å². The van der Waals surface area contributed by atoms with Crippen LogP contribution in [0.4, 0.5) is 17.1 Å². The third-order valence-corrected chi connectivity index (χ3v) is 9.04. The summed E-state index contributed by atoms with van der Waals surface area (Å²) >= 11 is 6.04. The van der Waals surface area contributed by atoms with Crippen molar-refractivity contribution in [2.75, 3.05) is 36.3 Å². The molecule has 15 heteroatoms. The first-order valence-corrected chi connectivity index (χ1v) is 14.3. The van der Waals surface area contributed by atoms with Crippen molar-refractivity contribution in [2.45, 2.75) is 9.79 Å². The van der Waals surface area contributed by atoms with Crippen LogP contribution in [0, 0.1) is 10.1 Å². The minimum Gasteiger partial charge on any atom is -0.379 e. The van der Waals surface area contributed by atoms with Crippen LogP contribution in [0.15, 0.2) is 76.5 Å².